The van der Waals surface area contributed by atoms with Crippen LogP contribution in [-0.2, 0) is 39.9 Å². The maximum atomic E-state index is 13.3. The largest absolute Gasteiger partial charge is 0.467 e. The van der Waals surface area contributed by atoms with Crippen molar-refractivity contribution in [1.82, 2.24) is 10.6 Å². The molecule has 2 amide bonds. The smallest absolute Gasteiger partial charge is 0.329 e. The molecule has 0 heterocycles. The van der Waals surface area contributed by atoms with E-state index in [2.05, 4.69) is 10.6 Å². The first kappa shape index (κ1) is 37.3. The number of carbonyl (C=O) groups is 5. The number of hydrogen-bond donors (Lipinski definition) is 2. The maximum absolute atomic E-state index is 13.3. The summed E-state index contributed by atoms with van der Waals surface area (Å²) in [6.07, 6.45) is 2.01. The van der Waals surface area contributed by atoms with Crippen molar-refractivity contribution in [3.8, 4) is 5.75 Å². The summed E-state index contributed by atoms with van der Waals surface area (Å²) >= 11 is 0. The summed E-state index contributed by atoms with van der Waals surface area (Å²) in [5.41, 5.74) is 0.696. The lowest BCUT2D eigenvalue weighted by Crippen LogP contribution is -2.46. The number of amides is 2. The standard InChI is InChI=1S/C30H46N2O8S2/c1-19(2)14-22(13-12-21-10-9-11-23(15-21)40-20(3)33)27(35)32-25(29(37)39-8)18-42-41-17-24(28(36)38-7)31-26(34)16-30(4,5)6/h9-11,15,19,22,24-25H,12-14,16-18H2,1-8H3,(H,31,34)(H,32,35)/t22-,24?,25?/m1/s1. The van der Waals surface area contributed by atoms with E-state index in [1.165, 1.54) is 42.7 Å². The van der Waals surface area contributed by atoms with E-state index < -0.39 is 30.0 Å². The lowest BCUT2D eigenvalue weighted by molar-refractivity contribution is -0.145. The van der Waals surface area contributed by atoms with Crippen molar-refractivity contribution >= 4 is 51.3 Å². The van der Waals surface area contributed by atoms with Gasteiger partial charge in [0.15, 0.2) is 0 Å². The molecule has 0 aliphatic rings. The molecule has 0 saturated heterocycles. The first-order chi connectivity index (χ1) is 19.6. The summed E-state index contributed by atoms with van der Waals surface area (Å²) in [4.78, 5) is 61.7. The summed E-state index contributed by atoms with van der Waals surface area (Å²) in [5.74, 6) is -1.26. The van der Waals surface area contributed by atoms with Gasteiger partial charge in [-0.05, 0) is 48.3 Å². The molecular weight excluding hydrogens is 580 g/mol. The van der Waals surface area contributed by atoms with Crippen LogP contribution in [0.1, 0.15) is 66.4 Å². The van der Waals surface area contributed by atoms with Gasteiger partial charge in [-0.15, -0.1) is 0 Å². The van der Waals surface area contributed by atoms with Crippen molar-refractivity contribution in [3.63, 3.8) is 0 Å². The fourth-order valence-corrected chi connectivity index (χ4v) is 6.36. The fraction of sp³-hybridized carbons (Fsp3) is 0.633. The highest BCUT2D eigenvalue weighted by molar-refractivity contribution is 8.76. The van der Waals surface area contributed by atoms with Crippen LogP contribution in [0, 0.1) is 17.3 Å². The third-order valence-corrected chi connectivity index (χ3v) is 8.36. The highest BCUT2D eigenvalue weighted by Crippen LogP contribution is 2.26. The van der Waals surface area contributed by atoms with Gasteiger partial charge in [0.1, 0.15) is 17.8 Å². The van der Waals surface area contributed by atoms with E-state index in [9.17, 15) is 24.0 Å². The van der Waals surface area contributed by atoms with E-state index in [0.717, 1.165) is 5.56 Å². The zero-order valence-electron chi connectivity index (χ0n) is 25.9. The molecule has 0 saturated carbocycles. The Labute approximate surface area is 257 Å². The Kier molecular flexibility index (Phi) is 16.6. The molecule has 0 spiro atoms. The minimum absolute atomic E-state index is 0.200. The molecule has 12 heteroatoms. The second-order valence-corrected chi connectivity index (χ2v) is 14.2. The molecule has 2 unspecified atom stereocenters. The highest BCUT2D eigenvalue weighted by Gasteiger charge is 2.28. The van der Waals surface area contributed by atoms with Crippen molar-refractivity contribution in [3.05, 3.63) is 29.8 Å². The SMILES string of the molecule is COC(=O)C(CSSCC(NC(=O)[C@H](CCc1cccc(OC(C)=O)c1)CC(C)C)C(=O)OC)NC(=O)CC(C)(C)C. The highest BCUT2D eigenvalue weighted by atomic mass is 33.1. The zero-order valence-corrected chi connectivity index (χ0v) is 27.6. The average Bonchev–Trinajstić information content (AvgIpc) is 2.89. The Balaban J connectivity index is 2.81. The van der Waals surface area contributed by atoms with Gasteiger partial charge >= 0.3 is 17.9 Å². The van der Waals surface area contributed by atoms with Gasteiger partial charge in [0, 0.05) is 30.8 Å². The van der Waals surface area contributed by atoms with Gasteiger partial charge in [0.05, 0.1) is 14.2 Å². The number of methoxy groups -OCH3 is 2. The van der Waals surface area contributed by atoms with Crippen LogP contribution >= 0.6 is 21.6 Å². The van der Waals surface area contributed by atoms with Crippen molar-refractivity contribution in [2.24, 2.45) is 17.3 Å². The van der Waals surface area contributed by atoms with Crippen molar-refractivity contribution in [2.45, 2.75) is 79.3 Å². The maximum Gasteiger partial charge on any atom is 0.329 e. The van der Waals surface area contributed by atoms with Crippen molar-refractivity contribution in [2.75, 3.05) is 25.7 Å². The summed E-state index contributed by atoms with van der Waals surface area (Å²) < 4.78 is 14.9. The van der Waals surface area contributed by atoms with E-state index in [0.29, 0.717) is 25.0 Å². The van der Waals surface area contributed by atoms with E-state index >= 15 is 0 Å². The van der Waals surface area contributed by atoms with Crippen LogP contribution in [0.2, 0.25) is 0 Å². The molecule has 0 aromatic heterocycles. The Morgan fingerprint density at radius 3 is 1.98 bits per heavy atom. The molecule has 42 heavy (non-hydrogen) atoms. The van der Waals surface area contributed by atoms with E-state index in [1.54, 1.807) is 18.2 Å². The zero-order chi connectivity index (χ0) is 31.9. The van der Waals surface area contributed by atoms with Gasteiger partial charge in [-0.25, -0.2) is 9.59 Å². The van der Waals surface area contributed by atoms with E-state index in [4.69, 9.17) is 14.2 Å². The number of esters is 3. The van der Waals surface area contributed by atoms with Crippen LogP contribution in [0.3, 0.4) is 0 Å². The van der Waals surface area contributed by atoms with Gasteiger partial charge in [0.2, 0.25) is 11.8 Å². The number of hydrogen-bond acceptors (Lipinski definition) is 10. The molecule has 1 rings (SSSR count). The minimum atomic E-state index is -0.894. The van der Waals surface area contributed by atoms with E-state index in [1.807, 2.05) is 40.7 Å². The fourth-order valence-electron chi connectivity index (χ4n) is 4.07. The van der Waals surface area contributed by atoms with Crippen LogP contribution in [0.25, 0.3) is 0 Å². The monoisotopic (exact) mass is 626 g/mol. The van der Waals surface area contributed by atoms with Gasteiger partial charge in [-0.1, -0.05) is 68.3 Å². The van der Waals surface area contributed by atoms with Crippen LogP contribution in [0.15, 0.2) is 24.3 Å². The normalized spacial score (nSPS) is 13.5. The van der Waals surface area contributed by atoms with Gasteiger partial charge in [-0.2, -0.15) is 0 Å². The first-order valence-electron chi connectivity index (χ1n) is 13.9. The number of carbonyl (C=O) groups excluding carboxylic acids is 5. The number of nitrogens with one attached hydrogen (secondary N) is 2. The Morgan fingerprint density at radius 1 is 0.905 bits per heavy atom. The molecule has 10 nitrogen and oxygen atoms in total. The summed E-state index contributed by atoms with van der Waals surface area (Å²) in [7, 11) is 5.10. The topological polar surface area (TPSA) is 137 Å². The molecule has 1 aromatic carbocycles. The number of benzene rings is 1. The average molecular weight is 627 g/mol. The lowest BCUT2D eigenvalue weighted by Gasteiger charge is -2.23. The molecule has 0 aliphatic carbocycles. The van der Waals surface area contributed by atoms with Crippen molar-refractivity contribution < 1.29 is 38.2 Å². The van der Waals surface area contributed by atoms with Gasteiger partial charge in [-0.3, -0.25) is 14.4 Å². The molecular formula is C30H46N2O8S2. The number of ether oxygens (including phenoxy) is 3. The van der Waals surface area contributed by atoms with Crippen LogP contribution in [0.4, 0.5) is 0 Å². The van der Waals surface area contributed by atoms with Crippen molar-refractivity contribution in [1.29, 1.82) is 0 Å². The van der Waals surface area contributed by atoms with Crippen LogP contribution < -0.4 is 15.4 Å². The number of aryl methyl sites for hydroxylation is 1. The van der Waals surface area contributed by atoms with E-state index in [-0.39, 0.29) is 47.0 Å². The second-order valence-electron chi connectivity index (χ2n) is 11.6. The molecule has 0 bridgehead atoms. The molecule has 236 valence electrons. The Morgan fingerprint density at radius 2 is 1.48 bits per heavy atom. The third-order valence-electron chi connectivity index (χ3n) is 5.93. The summed E-state index contributed by atoms with van der Waals surface area (Å²) in [6, 6.07) is 5.46. The Hall–Kier alpha value is -2.73. The van der Waals surface area contributed by atoms with Crippen LogP contribution in [-0.4, -0.2) is 67.5 Å². The van der Waals surface area contributed by atoms with Gasteiger partial charge in [0.25, 0.3) is 0 Å². The molecule has 1 aromatic rings. The molecule has 0 radical (unpaired) electrons. The molecule has 3 atom stereocenters. The predicted molar refractivity (Wildman–Crippen MR) is 166 cm³/mol. The lowest BCUT2D eigenvalue weighted by atomic mass is 9.90. The quantitative estimate of drug-likeness (QED) is 0.111. The van der Waals surface area contributed by atoms with Crippen LogP contribution in [0.5, 0.6) is 5.75 Å². The second kappa shape index (κ2) is 18.7. The minimum Gasteiger partial charge on any atom is -0.467 e. The predicted octanol–water partition coefficient (Wildman–Crippen LogP) is 4.34. The first-order valence-corrected chi connectivity index (χ1v) is 16.4. The van der Waals surface area contributed by atoms with Gasteiger partial charge < -0.3 is 24.8 Å². The third kappa shape index (κ3) is 15.5. The Bertz CT molecular complexity index is 1060. The molecule has 0 aliphatic heterocycles. The molecule has 0 fully saturated rings. The number of rotatable bonds is 17. The summed E-state index contributed by atoms with van der Waals surface area (Å²) in [5, 5.41) is 5.57. The summed E-state index contributed by atoms with van der Waals surface area (Å²) in [6.45, 7) is 11.2. The molecule has 2 N–H and O–H groups in total.